The van der Waals surface area contributed by atoms with Crippen molar-refractivity contribution in [1.82, 2.24) is 0 Å². The van der Waals surface area contributed by atoms with E-state index in [4.69, 9.17) is 17.3 Å². The van der Waals surface area contributed by atoms with Gasteiger partial charge in [0, 0.05) is 11.6 Å². The normalized spacial score (nSPS) is 12.1. The van der Waals surface area contributed by atoms with Crippen LogP contribution in [0, 0.1) is 11.6 Å². The summed E-state index contributed by atoms with van der Waals surface area (Å²) in [6.07, 6.45) is -0.131. The largest absolute Gasteiger partial charge is 0.324 e. The van der Waals surface area contributed by atoms with Gasteiger partial charge in [-0.3, -0.25) is 4.39 Å². The summed E-state index contributed by atoms with van der Waals surface area (Å²) >= 11 is 5.44. The van der Waals surface area contributed by atoms with Crippen LogP contribution in [0.1, 0.15) is 18.0 Å². The fourth-order valence-corrected chi connectivity index (χ4v) is 1.31. The molecular formula is C9H10Cl2F3N. The molecule has 1 atom stereocenters. The highest BCUT2D eigenvalue weighted by Crippen LogP contribution is 2.26. The first-order chi connectivity index (χ1) is 6.57. The van der Waals surface area contributed by atoms with E-state index in [2.05, 4.69) is 0 Å². The Bertz CT molecular complexity index is 333. The lowest BCUT2D eigenvalue weighted by atomic mass is 10.0. The summed E-state index contributed by atoms with van der Waals surface area (Å²) in [5.74, 6) is -1.71. The number of halogens is 5. The number of hydrogen-bond acceptors (Lipinski definition) is 1. The highest BCUT2D eigenvalue weighted by Gasteiger charge is 2.18. The quantitative estimate of drug-likeness (QED) is 0.828. The van der Waals surface area contributed by atoms with Crippen LogP contribution in [0.15, 0.2) is 12.1 Å². The van der Waals surface area contributed by atoms with Crippen molar-refractivity contribution in [1.29, 1.82) is 0 Å². The summed E-state index contributed by atoms with van der Waals surface area (Å²) in [5.41, 5.74) is 5.05. The Labute approximate surface area is 96.8 Å². The van der Waals surface area contributed by atoms with Gasteiger partial charge in [0.15, 0.2) is 0 Å². The lowest BCUT2D eigenvalue weighted by molar-refractivity contribution is 0.425. The molecule has 0 aliphatic heterocycles. The van der Waals surface area contributed by atoms with Gasteiger partial charge in [0.1, 0.15) is 11.6 Å². The highest BCUT2D eigenvalue weighted by atomic mass is 35.5. The van der Waals surface area contributed by atoms with Gasteiger partial charge in [0.2, 0.25) is 0 Å². The summed E-state index contributed by atoms with van der Waals surface area (Å²) < 4.78 is 38.3. The zero-order chi connectivity index (χ0) is 10.7. The summed E-state index contributed by atoms with van der Waals surface area (Å²) in [4.78, 5) is 0. The average Bonchev–Trinajstić information content (AvgIpc) is 2.13. The van der Waals surface area contributed by atoms with E-state index in [-0.39, 0.29) is 29.4 Å². The Morgan fingerprint density at radius 2 is 1.93 bits per heavy atom. The molecule has 1 aromatic rings. The predicted octanol–water partition coefficient (Wildman–Crippen LogP) is 3.40. The van der Waals surface area contributed by atoms with Crippen LogP contribution in [0.4, 0.5) is 13.2 Å². The summed E-state index contributed by atoms with van der Waals surface area (Å²) in [6, 6.07) is 1.11. The third-order valence-corrected chi connectivity index (χ3v) is 2.16. The lowest BCUT2D eigenvalue weighted by Crippen LogP contribution is -2.15. The van der Waals surface area contributed by atoms with E-state index in [9.17, 15) is 13.2 Å². The molecular weight excluding hydrogens is 250 g/mol. The third-order valence-electron chi connectivity index (χ3n) is 1.87. The second kappa shape index (κ2) is 6.20. The standard InChI is InChI=1S/C9H9ClF3N.ClH/c10-5-1-2-6(12)8(9(5)13)7(14)3-4-11;/h1-2,7H,3-4,14H2;1H/t7-;/m1./s1. The van der Waals surface area contributed by atoms with E-state index < -0.39 is 24.4 Å². The maximum absolute atomic E-state index is 13.3. The smallest absolute Gasteiger partial charge is 0.149 e. The van der Waals surface area contributed by atoms with Gasteiger partial charge < -0.3 is 5.73 Å². The first-order valence-electron chi connectivity index (χ1n) is 4.03. The predicted molar refractivity (Wildman–Crippen MR) is 56.1 cm³/mol. The van der Waals surface area contributed by atoms with E-state index >= 15 is 0 Å². The van der Waals surface area contributed by atoms with Crippen LogP contribution >= 0.6 is 24.0 Å². The summed E-state index contributed by atoms with van der Waals surface area (Å²) in [7, 11) is 0. The number of alkyl halides is 1. The van der Waals surface area contributed by atoms with Crippen LogP contribution < -0.4 is 5.73 Å². The highest BCUT2D eigenvalue weighted by molar-refractivity contribution is 6.30. The van der Waals surface area contributed by atoms with Crippen molar-refractivity contribution in [2.75, 3.05) is 6.67 Å². The molecule has 0 aliphatic carbocycles. The van der Waals surface area contributed by atoms with Crippen molar-refractivity contribution < 1.29 is 13.2 Å². The lowest BCUT2D eigenvalue weighted by Gasteiger charge is -2.12. The molecule has 0 fully saturated rings. The Morgan fingerprint density at radius 3 is 2.47 bits per heavy atom. The molecule has 2 N–H and O–H groups in total. The van der Waals surface area contributed by atoms with Crippen LogP contribution in [0.5, 0.6) is 0 Å². The van der Waals surface area contributed by atoms with Gasteiger partial charge in [-0.25, -0.2) is 8.78 Å². The Morgan fingerprint density at radius 1 is 1.33 bits per heavy atom. The zero-order valence-electron chi connectivity index (χ0n) is 7.64. The van der Waals surface area contributed by atoms with Crippen molar-refractivity contribution in [2.45, 2.75) is 12.5 Å². The minimum absolute atomic E-state index is 0. The molecule has 0 spiro atoms. The minimum atomic E-state index is -1.00. The summed E-state index contributed by atoms with van der Waals surface area (Å²) in [6.45, 7) is -0.730. The second-order valence-electron chi connectivity index (χ2n) is 2.84. The van der Waals surface area contributed by atoms with Crippen LogP contribution in [0.25, 0.3) is 0 Å². The third kappa shape index (κ3) is 3.26. The van der Waals surface area contributed by atoms with Crippen molar-refractivity contribution in [3.8, 4) is 0 Å². The van der Waals surface area contributed by atoms with Gasteiger partial charge in [0.05, 0.1) is 11.7 Å². The van der Waals surface area contributed by atoms with Crippen molar-refractivity contribution in [2.24, 2.45) is 5.73 Å². The van der Waals surface area contributed by atoms with Crippen LogP contribution in [0.2, 0.25) is 5.02 Å². The Kier molecular flexibility index (Phi) is 6.02. The molecule has 6 heteroatoms. The minimum Gasteiger partial charge on any atom is -0.324 e. The van der Waals surface area contributed by atoms with Gasteiger partial charge in [-0.2, -0.15) is 0 Å². The van der Waals surface area contributed by atoms with Crippen molar-refractivity contribution in [3.63, 3.8) is 0 Å². The maximum atomic E-state index is 13.3. The summed E-state index contributed by atoms with van der Waals surface area (Å²) in [5, 5.41) is -0.212. The van der Waals surface area contributed by atoms with Gasteiger partial charge in [-0.1, -0.05) is 11.6 Å². The number of benzene rings is 1. The molecule has 0 saturated carbocycles. The monoisotopic (exact) mass is 259 g/mol. The average molecular weight is 260 g/mol. The van der Waals surface area contributed by atoms with Crippen LogP contribution in [0.3, 0.4) is 0 Å². The zero-order valence-corrected chi connectivity index (χ0v) is 9.22. The molecule has 86 valence electrons. The molecule has 0 saturated heterocycles. The molecule has 1 aromatic carbocycles. The second-order valence-corrected chi connectivity index (χ2v) is 3.25. The van der Waals surface area contributed by atoms with Gasteiger partial charge in [0.25, 0.3) is 0 Å². The molecule has 1 nitrogen and oxygen atoms in total. The van der Waals surface area contributed by atoms with Gasteiger partial charge in [-0.15, -0.1) is 12.4 Å². The maximum Gasteiger partial charge on any atom is 0.149 e. The molecule has 0 aliphatic rings. The van der Waals surface area contributed by atoms with Gasteiger partial charge in [-0.05, 0) is 18.6 Å². The molecule has 0 radical (unpaired) electrons. The molecule has 0 amide bonds. The van der Waals surface area contributed by atoms with Crippen molar-refractivity contribution in [3.05, 3.63) is 34.4 Å². The molecule has 0 unspecified atom stereocenters. The number of hydrogen-bond donors (Lipinski definition) is 1. The van der Waals surface area contributed by atoms with Gasteiger partial charge >= 0.3 is 0 Å². The number of nitrogens with two attached hydrogens (primary N) is 1. The Hall–Kier alpha value is -0.450. The van der Waals surface area contributed by atoms with E-state index in [1.807, 2.05) is 0 Å². The molecule has 0 bridgehead atoms. The van der Waals surface area contributed by atoms with Crippen molar-refractivity contribution >= 4 is 24.0 Å². The van der Waals surface area contributed by atoms with E-state index in [1.54, 1.807) is 0 Å². The molecule has 0 heterocycles. The van der Waals surface area contributed by atoms with Crippen LogP contribution in [-0.4, -0.2) is 6.67 Å². The van der Waals surface area contributed by atoms with E-state index in [0.29, 0.717) is 0 Å². The van der Waals surface area contributed by atoms with Crippen LogP contribution in [-0.2, 0) is 0 Å². The Balaban J connectivity index is 0.00000196. The molecule has 15 heavy (non-hydrogen) atoms. The molecule has 1 rings (SSSR count). The number of rotatable bonds is 3. The fourth-order valence-electron chi connectivity index (χ4n) is 1.14. The first-order valence-corrected chi connectivity index (χ1v) is 4.40. The first kappa shape index (κ1) is 14.6. The SMILES string of the molecule is Cl.N[C@H](CCF)c1c(F)ccc(Cl)c1F. The fraction of sp³-hybridized carbons (Fsp3) is 0.333. The molecule has 0 aromatic heterocycles. The topological polar surface area (TPSA) is 26.0 Å². The van der Waals surface area contributed by atoms with E-state index in [1.165, 1.54) is 0 Å². The van der Waals surface area contributed by atoms with E-state index in [0.717, 1.165) is 12.1 Å².